The van der Waals surface area contributed by atoms with E-state index in [1.54, 1.807) is 42.5 Å². The standard InChI is InChI=1S/C35H35F4N7O3/c1-4-33(47)43-26-18-27(30(48-3)19-29(26)45-14-12-44(2)13-15-45)42-31-20-32(41-21-40-31)46-28(11-16-49-46)23-8-5-7-22(17-23)24-9-6-10-25(34(24)36)35(37,38)39/h4-10,17-21,28H,1,11-16H2,2-3H3,(H,43,47)(H,40,41,42)/t28-/m1/s1. The zero-order valence-electron chi connectivity index (χ0n) is 26.9. The Bertz CT molecular complexity index is 1850. The molecule has 14 heteroatoms. The molecule has 256 valence electrons. The Morgan fingerprint density at radius 2 is 1.82 bits per heavy atom. The first kappa shape index (κ1) is 33.7. The number of ether oxygens (including phenoxy) is 1. The highest BCUT2D eigenvalue weighted by molar-refractivity contribution is 6.02. The van der Waals surface area contributed by atoms with Crippen LogP contribution in [0.4, 0.5) is 46.3 Å². The van der Waals surface area contributed by atoms with E-state index in [4.69, 9.17) is 9.57 Å². The van der Waals surface area contributed by atoms with E-state index in [0.717, 1.165) is 37.9 Å². The number of methoxy groups -OCH3 is 1. The number of piperazine rings is 1. The lowest BCUT2D eigenvalue weighted by molar-refractivity contribution is -0.139. The van der Waals surface area contributed by atoms with E-state index in [-0.39, 0.29) is 17.5 Å². The number of carbonyl (C=O) groups excluding carboxylic acids is 1. The van der Waals surface area contributed by atoms with Crippen molar-refractivity contribution in [3.05, 3.63) is 96.6 Å². The number of hydroxylamine groups is 1. The van der Waals surface area contributed by atoms with Crippen molar-refractivity contribution in [2.45, 2.75) is 18.6 Å². The number of benzene rings is 3. The second-order valence-electron chi connectivity index (χ2n) is 11.7. The van der Waals surface area contributed by atoms with Crippen LogP contribution in [0.25, 0.3) is 11.1 Å². The van der Waals surface area contributed by atoms with Crippen LogP contribution in [0.15, 0.2) is 79.6 Å². The number of hydrogen-bond acceptors (Lipinski definition) is 9. The number of carbonyl (C=O) groups is 1. The topological polar surface area (TPSA) is 95.1 Å². The molecule has 1 amide bonds. The molecule has 2 saturated heterocycles. The summed E-state index contributed by atoms with van der Waals surface area (Å²) in [4.78, 5) is 31.6. The SMILES string of the molecule is C=CC(=O)Nc1cc(Nc2cc(N3OCC[C@@H]3c3cccc(-c4cccc(C(F)(F)F)c4F)c3)ncn2)c(OC)cc1N1CCN(C)CC1. The first-order valence-electron chi connectivity index (χ1n) is 15.6. The highest BCUT2D eigenvalue weighted by Gasteiger charge is 2.35. The van der Waals surface area contributed by atoms with E-state index in [1.807, 2.05) is 12.1 Å². The maximum absolute atomic E-state index is 15.0. The minimum absolute atomic E-state index is 0.146. The molecule has 2 aliphatic heterocycles. The Morgan fingerprint density at radius 3 is 2.55 bits per heavy atom. The third-order valence-electron chi connectivity index (χ3n) is 8.54. The highest BCUT2D eigenvalue weighted by atomic mass is 19.4. The van der Waals surface area contributed by atoms with Crippen LogP contribution < -0.4 is 25.3 Å². The summed E-state index contributed by atoms with van der Waals surface area (Å²) in [5.74, 6) is -0.320. The smallest absolute Gasteiger partial charge is 0.419 e. The third-order valence-corrected chi connectivity index (χ3v) is 8.54. The van der Waals surface area contributed by atoms with E-state index >= 15 is 4.39 Å². The van der Waals surface area contributed by atoms with Gasteiger partial charge < -0.3 is 25.2 Å². The van der Waals surface area contributed by atoms with Gasteiger partial charge in [0.1, 0.15) is 23.7 Å². The van der Waals surface area contributed by atoms with Gasteiger partial charge in [-0.15, -0.1) is 0 Å². The van der Waals surface area contributed by atoms with E-state index in [0.29, 0.717) is 52.9 Å². The van der Waals surface area contributed by atoms with Gasteiger partial charge in [0, 0.05) is 50.3 Å². The summed E-state index contributed by atoms with van der Waals surface area (Å²) in [5.41, 5.74) is 1.49. The fourth-order valence-corrected chi connectivity index (χ4v) is 5.99. The molecule has 2 N–H and O–H groups in total. The molecule has 2 aliphatic rings. The zero-order chi connectivity index (χ0) is 34.7. The maximum Gasteiger partial charge on any atom is 0.419 e. The van der Waals surface area contributed by atoms with Gasteiger partial charge in [-0.25, -0.2) is 19.4 Å². The molecule has 0 unspecified atom stereocenters. The van der Waals surface area contributed by atoms with Crippen LogP contribution in [0.5, 0.6) is 5.75 Å². The Kier molecular flexibility index (Phi) is 9.69. The summed E-state index contributed by atoms with van der Waals surface area (Å²) in [6, 6.07) is 14.9. The lowest BCUT2D eigenvalue weighted by Crippen LogP contribution is -2.44. The quantitative estimate of drug-likeness (QED) is 0.146. The van der Waals surface area contributed by atoms with Crippen LogP contribution in [0, 0.1) is 5.82 Å². The van der Waals surface area contributed by atoms with Crippen molar-refractivity contribution >= 4 is 34.6 Å². The Balaban J connectivity index is 1.28. The number of hydrogen-bond donors (Lipinski definition) is 2. The molecular formula is C35H35F4N7O3. The van der Waals surface area contributed by atoms with Crippen LogP contribution in [-0.2, 0) is 15.8 Å². The van der Waals surface area contributed by atoms with Gasteiger partial charge >= 0.3 is 6.18 Å². The van der Waals surface area contributed by atoms with Crippen LogP contribution in [0.2, 0.25) is 0 Å². The van der Waals surface area contributed by atoms with Gasteiger partial charge in [0.15, 0.2) is 5.82 Å². The summed E-state index contributed by atoms with van der Waals surface area (Å²) < 4.78 is 60.9. The monoisotopic (exact) mass is 677 g/mol. The number of rotatable bonds is 9. The largest absolute Gasteiger partial charge is 0.494 e. The molecule has 0 aliphatic carbocycles. The van der Waals surface area contributed by atoms with Gasteiger partial charge in [-0.3, -0.25) is 9.63 Å². The molecule has 1 aromatic heterocycles. The van der Waals surface area contributed by atoms with Crippen LogP contribution in [-0.4, -0.2) is 67.7 Å². The van der Waals surface area contributed by atoms with E-state index < -0.39 is 17.6 Å². The number of alkyl halides is 3. The first-order valence-corrected chi connectivity index (χ1v) is 15.6. The Labute approximate surface area is 280 Å². The van der Waals surface area contributed by atoms with Gasteiger partial charge in [0.25, 0.3) is 0 Å². The maximum atomic E-state index is 15.0. The molecule has 2 fully saturated rings. The number of nitrogens with one attached hydrogen (secondary N) is 2. The van der Waals surface area contributed by atoms with Crippen molar-refractivity contribution < 1.29 is 31.9 Å². The molecule has 3 heterocycles. The van der Waals surface area contributed by atoms with Gasteiger partial charge in [-0.05, 0) is 42.4 Å². The van der Waals surface area contributed by atoms with Gasteiger partial charge in [0.2, 0.25) is 5.91 Å². The molecule has 0 radical (unpaired) electrons. The fraction of sp³-hybridized carbons (Fsp3) is 0.286. The number of halogens is 4. The summed E-state index contributed by atoms with van der Waals surface area (Å²) in [6.07, 6.45) is -1.68. The van der Waals surface area contributed by atoms with E-state index in [2.05, 4.69) is 44.0 Å². The van der Waals surface area contributed by atoms with Gasteiger partial charge in [0.05, 0.1) is 42.4 Å². The molecular weight excluding hydrogens is 642 g/mol. The molecule has 1 atom stereocenters. The minimum Gasteiger partial charge on any atom is -0.494 e. The van der Waals surface area contributed by atoms with Crippen molar-refractivity contribution in [1.82, 2.24) is 14.9 Å². The minimum atomic E-state index is -4.82. The second-order valence-corrected chi connectivity index (χ2v) is 11.7. The molecule has 3 aromatic carbocycles. The van der Waals surface area contributed by atoms with Crippen LogP contribution >= 0.6 is 0 Å². The summed E-state index contributed by atoms with van der Waals surface area (Å²) in [6.45, 7) is 7.21. The lowest BCUT2D eigenvalue weighted by atomic mass is 9.96. The van der Waals surface area contributed by atoms with Gasteiger partial charge in [-0.2, -0.15) is 13.2 Å². The van der Waals surface area contributed by atoms with Crippen molar-refractivity contribution in [3.63, 3.8) is 0 Å². The van der Waals surface area contributed by atoms with Crippen LogP contribution in [0.3, 0.4) is 0 Å². The van der Waals surface area contributed by atoms with Crippen LogP contribution in [0.1, 0.15) is 23.6 Å². The van der Waals surface area contributed by atoms with Crippen molar-refractivity contribution in [2.75, 3.05) is 67.5 Å². The summed E-state index contributed by atoms with van der Waals surface area (Å²) in [5, 5.41) is 7.79. The highest BCUT2D eigenvalue weighted by Crippen LogP contribution is 2.41. The zero-order valence-corrected chi connectivity index (χ0v) is 26.9. The predicted octanol–water partition coefficient (Wildman–Crippen LogP) is 6.81. The molecule has 10 nitrogen and oxygen atoms in total. The average Bonchev–Trinajstić information content (AvgIpc) is 3.59. The number of nitrogens with zero attached hydrogens (tertiary/aromatic N) is 5. The van der Waals surface area contributed by atoms with Crippen molar-refractivity contribution in [1.29, 1.82) is 0 Å². The molecule has 49 heavy (non-hydrogen) atoms. The van der Waals surface area contributed by atoms with E-state index in [1.165, 1.54) is 24.5 Å². The summed E-state index contributed by atoms with van der Waals surface area (Å²) in [7, 11) is 3.62. The molecule has 0 bridgehead atoms. The Morgan fingerprint density at radius 1 is 1.04 bits per heavy atom. The van der Waals surface area contributed by atoms with Gasteiger partial charge in [-0.1, -0.05) is 36.9 Å². The summed E-state index contributed by atoms with van der Waals surface area (Å²) >= 11 is 0. The molecule has 0 saturated carbocycles. The number of amides is 1. The normalized spacial score (nSPS) is 16.8. The average molecular weight is 678 g/mol. The Hall–Kier alpha value is -5.21. The fourth-order valence-electron chi connectivity index (χ4n) is 5.99. The molecule has 4 aromatic rings. The third kappa shape index (κ3) is 7.29. The first-order chi connectivity index (χ1) is 23.5. The predicted molar refractivity (Wildman–Crippen MR) is 179 cm³/mol. The van der Waals surface area contributed by atoms with Crippen molar-refractivity contribution in [2.24, 2.45) is 0 Å². The lowest BCUT2D eigenvalue weighted by Gasteiger charge is -2.35. The second kappa shape index (κ2) is 14.1. The molecule has 0 spiro atoms. The van der Waals surface area contributed by atoms with E-state index in [9.17, 15) is 18.0 Å². The molecule has 6 rings (SSSR count). The number of aromatic nitrogens is 2. The van der Waals surface area contributed by atoms with Crippen molar-refractivity contribution in [3.8, 4) is 16.9 Å². The number of likely N-dealkylation sites (N-methyl/N-ethyl adjacent to an activating group) is 1. The number of anilines is 5.